The fraction of sp³-hybridized carbons (Fsp3) is 0.143. The Labute approximate surface area is 171 Å². The Kier molecular flexibility index (Phi) is 5.17. The summed E-state index contributed by atoms with van der Waals surface area (Å²) in [6.45, 7) is 1.69. The van der Waals surface area contributed by atoms with Crippen molar-refractivity contribution in [3.05, 3.63) is 82.4 Å². The minimum atomic E-state index is -0.443. The van der Waals surface area contributed by atoms with Crippen LogP contribution in [0.5, 0.6) is 0 Å². The highest BCUT2D eigenvalue weighted by Crippen LogP contribution is 2.10. The van der Waals surface area contributed by atoms with Gasteiger partial charge < -0.3 is 5.32 Å². The molecule has 2 aromatic heterocycles. The van der Waals surface area contributed by atoms with Gasteiger partial charge in [0, 0.05) is 11.3 Å². The summed E-state index contributed by atoms with van der Waals surface area (Å²) in [5.41, 5.74) is 2.11. The van der Waals surface area contributed by atoms with Crippen molar-refractivity contribution in [2.75, 3.05) is 5.32 Å². The SMILES string of the molecule is CC(=O)c1ccc(NC(=O)Cn2cnc3c(nnn3Cc3ccccc3)c2=O)cc1. The summed E-state index contributed by atoms with van der Waals surface area (Å²) >= 11 is 0. The quantitative estimate of drug-likeness (QED) is 0.493. The molecule has 1 amide bonds. The smallest absolute Gasteiger partial charge is 0.283 e. The number of fused-ring (bicyclic) bond motifs is 1. The van der Waals surface area contributed by atoms with Crippen LogP contribution in [-0.2, 0) is 17.9 Å². The number of anilines is 1. The second-order valence-electron chi connectivity index (χ2n) is 6.76. The third-order valence-electron chi connectivity index (χ3n) is 4.56. The number of amides is 1. The van der Waals surface area contributed by atoms with E-state index in [1.54, 1.807) is 28.9 Å². The lowest BCUT2D eigenvalue weighted by molar-refractivity contribution is -0.116. The summed E-state index contributed by atoms with van der Waals surface area (Å²) in [6, 6.07) is 16.2. The number of carbonyl (C=O) groups is 2. The van der Waals surface area contributed by atoms with Gasteiger partial charge in [0.05, 0.1) is 6.54 Å². The van der Waals surface area contributed by atoms with E-state index in [0.717, 1.165) is 5.56 Å². The molecule has 0 aliphatic heterocycles. The van der Waals surface area contributed by atoms with E-state index in [1.807, 2.05) is 30.3 Å². The number of Topliss-reactive ketones (excluding diaryl/α,β-unsaturated/α-hetero) is 1. The lowest BCUT2D eigenvalue weighted by Crippen LogP contribution is -2.28. The van der Waals surface area contributed by atoms with Crippen molar-refractivity contribution < 1.29 is 9.59 Å². The third-order valence-corrected chi connectivity index (χ3v) is 4.56. The Balaban J connectivity index is 1.50. The number of benzene rings is 2. The van der Waals surface area contributed by atoms with Crippen LogP contribution in [0.25, 0.3) is 11.2 Å². The van der Waals surface area contributed by atoms with E-state index in [0.29, 0.717) is 23.4 Å². The summed E-state index contributed by atoms with van der Waals surface area (Å²) in [6.07, 6.45) is 1.31. The van der Waals surface area contributed by atoms with Crippen molar-refractivity contribution in [3.8, 4) is 0 Å². The van der Waals surface area contributed by atoms with E-state index in [2.05, 4.69) is 20.6 Å². The topological polar surface area (TPSA) is 112 Å². The first kappa shape index (κ1) is 19.2. The number of nitrogens with one attached hydrogen (secondary N) is 1. The second-order valence-corrected chi connectivity index (χ2v) is 6.76. The van der Waals surface area contributed by atoms with E-state index < -0.39 is 11.5 Å². The maximum atomic E-state index is 12.7. The molecule has 9 nitrogen and oxygen atoms in total. The van der Waals surface area contributed by atoms with Crippen LogP contribution in [0.3, 0.4) is 0 Å². The van der Waals surface area contributed by atoms with Crippen LogP contribution < -0.4 is 10.9 Å². The molecule has 30 heavy (non-hydrogen) atoms. The van der Waals surface area contributed by atoms with Gasteiger partial charge in [0.15, 0.2) is 16.9 Å². The molecular formula is C21H18N6O3. The molecule has 0 radical (unpaired) electrons. The predicted octanol–water partition coefficient (Wildman–Crippen LogP) is 1.88. The van der Waals surface area contributed by atoms with Gasteiger partial charge in [0.2, 0.25) is 5.91 Å². The lowest BCUT2D eigenvalue weighted by atomic mass is 10.1. The van der Waals surface area contributed by atoms with E-state index >= 15 is 0 Å². The molecule has 0 aliphatic rings. The summed E-state index contributed by atoms with van der Waals surface area (Å²) in [7, 11) is 0. The van der Waals surface area contributed by atoms with Gasteiger partial charge in [-0.2, -0.15) is 0 Å². The van der Waals surface area contributed by atoms with Crippen molar-refractivity contribution in [1.29, 1.82) is 0 Å². The molecule has 0 spiro atoms. The fourth-order valence-electron chi connectivity index (χ4n) is 3.01. The van der Waals surface area contributed by atoms with Gasteiger partial charge >= 0.3 is 0 Å². The van der Waals surface area contributed by atoms with Crippen LogP contribution in [0.2, 0.25) is 0 Å². The summed E-state index contributed by atoms with van der Waals surface area (Å²) in [5.74, 6) is -0.454. The van der Waals surface area contributed by atoms with Crippen molar-refractivity contribution >= 4 is 28.5 Å². The van der Waals surface area contributed by atoms with Gasteiger partial charge in [-0.05, 0) is 36.8 Å². The van der Waals surface area contributed by atoms with Crippen molar-refractivity contribution in [2.24, 2.45) is 0 Å². The van der Waals surface area contributed by atoms with Gasteiger partial charge in [-0.25, -0.2) is 9.67 Å². The Morgan fingerprint density at radius 3 is 2.47 bits per heavy atom. The van der Waals surface area contributed by atoms with Crippen molar-refractivity contribution in [2.45, 2.75) is 20.0 Å². The molecule has 4 aromatic rings. The molecule has 0 bridgehead atoms. The first-order valence-electron chi connectivity index (χ1n) is 9.24. The molecule has 0 fully saturated rings. The predicted molar refractivity (Wildman–Crippen MR) is 110 cm³/mol. The highest BCUT2D eigenvalue weighted by molar-refractivity contribution is 5.95. The number of ketones is 1. The highest BCUT2D eigenvalue weighted by Gasteiger charge is 2.14. The van der Waals surface area contributed by atoms with Gasteiger partial charge in [-0.1, -0.05) is 35.5 Å². The zero-order valence-corrected chi connectivity index (χ0v) is 16.1. The molecule has 0 saturated heterocycles. The monoisotopic (exact) mass is 402 g/mol. The standard InChI is InChI=1S/C21H18N6O3/c1-14(28)16-7-9-17(10-8-16)23-18(29)12-26-13-22-20-19(21(26)30)24-25-27(20)11-15-5-3-2-4-6-15/h2-10,13H,11-12H2,1H3,(H,23,29). The molecular weight excluding hydrogens is 384 g/mol. The lowest BCUT2D eigenvalue weighted by Gasteiger charge is -2.08. The summed E-state index contributed by atoms with van der Waals surface area (Å²) in [4.78, 5) is 40.6. The number of hydrogen-bond donors (Lipinski definition) is 1. The number of carbonyl (C=O) groups excluding carboxylic acids is 2. The van der Waals surface area contributed by atoms with E-state index in [9.17, 15) is 14.4 Å². The van der Waals surface area contributed by atoms with Crippen molar-refractivity contribution in [3.63, 3.8) is 0 Å². The first-order valence-corrected chi connectivity index (χ1v) is 9.24. The van der Waals surface area contributed by atoms with Gasteiger partial charge in [0.25, 0.3) is 5.56 Å². The molecule has 0 atom stereocenters. The van der Waals surface area contributed by atoms with Crippen LogP contribution in [0, 0.1) is 0 Å². The highest BCUT2D eigenvalue weighted by atomic mass is 16.2. The second kappa shape index (κ2) is 8.08. The number of aromatic nitrogens is 5. The van der Waals surface area contributed by atoms with Gasteiger partial charge in [0.1, 0.15) is 12.9 Å². The van der Waals surface area contributed by atoms with Crippen LogP contribution in [0.1, 0.15) is 22.8 Å². The third kappa shape index (κ3) is 4.00. The molecule has 1 N–H and O–H groups in total. The Morgan fingerprint density at radius 1 is 1.03 bits per heavy atom. The zero-order valence-electron chi connectivity index (χ0n) is 16.1. The normalized spacial score (nSPS) is 10.8. The molecule has 2 aromatic carbocycles. The maximum Gasteiger partial charge on any atom is 0.283 e. The van der Waals surface area contributed by atoms with Crippen LogP contribution in [-0.4, -0.2) is 36.2 Å². The summed E-state index contributed by atoms with van der Waals surface area (Å²) in [5, 5.41) is 10.7. The minimum Gasteiger partial charge on any atom is -0.325 e. The van der Waals surface area contributed by atoms with E-state index in [4.69, 9.17) is 0 Å². The molecule has 0 saturated carbocycles. The minimum absolute atomic E-state index is 0.0564. The Morgan fingerprint density at radius 2 is 1.77 bits per heavy atom. The molecule has 9 heteroatoms. The molecule has 2 heterocycles. The molecule has 4 rings (SSSR count). The number of hydrogen-bond acceptors (Lipinski definition) is 6. The molecule has 0 unspecified atom stereocenters. The number of rotatable bonds is 6. The Hall–Kier alpha value is -4.14. The maximum absolute atomic E-state index is 12.7. The van der Waals surface area contributed by atoms with Gasteiger partial charge in [-0.15, -0.1) is 5.10 Å². The average molecular weight is 402 g/mol. The molecule has 0 aliphatic carbocycles. The molecule has 150 valence electrons. The van der Waals surface area contributed by atoms with E-state index in [1.165, 1.54) is 17.8 Å². The largest absolute Gasteiger partial charge is 0.325 e. The van der Waals surface area contributed by atoms with Crippen LogP contribution >= 0.6 is 0 Å². The van der Waals surface area contributed by atoms with E-state index in [-0.39, 0.29) is 17.8 Å². The summed E-state index contributed by atoms with van der Waals surface area (Å²) < 4.78 is 2.73. The zero-order chi connectivity index (χ0) is 21.1. The van der Waals surface area contributed by atoms with Gasteiger partial charge in [-0.3, -0.25) is 19.0 Å². The first-order chi connectivity index (χ1) is 14.5. The van der Waals surface area contributed by atoms with Crippen LogP contribution in [0.4, 0.5) is 5.69 Å². The van der Waals surface area contributed by atoms with Crippen LogP contribution in [0.15, 0.2) is 65.7 Å². The number of nitrogens with zero attached hydrogens (tertiary/aromatic N) is 5. The Bertz CT molecular complexity index is 1280. The fourth-order valence-corrected chi connectivity index (χ4v) is 3.01. The average Bonchev–Trinajstić information content (AvgIpc) is 3.14. The van der Waals surface area contributed by atoms with Crippen molar-refractivity contribution in [1.82, 2.24) is 24.5 Å².